The molecular formula is C17H22N4O2. The van der Waals surface area contributed by atoms with Gasteiger partial charge in [0.2, 0.25) is 0 Å². The number of carbonyl (C=O) groups excluding carboxylic acids is 1. The Morgan fingerprint density at radius 3 is 2.52 bits per heavy atom. The largest absolute Gasteiger partial charge is 0.466 e. The minimum Gasteiger partial charge on any atom is -0.466 e. The van der Waals surface area contributed by atoms with Gasteiger partial charge < -0.3 is 9.32 Å². The van der Waals surface area contributed by atoms with Crippen molar-refractivity contribution >= 4 is 5.91 Å². The number of hydrogen-bond donors (Lipinski definition) is 0. The number of aryl methyl sites for hydroxylation is 2. The lowest BCUT2D eigenvalue weighted by molar-refractivity contribution is 0.0623. The van der Waals surface area contributed by atoms with Crippen LogP contribution in [0.2, 0.25) is 0 Å². The molecule has 0 aliphatic carbocycles. The summed E-state index contributed by atoms with van der Waals surface area (Å²) in [5.74, 6) is 1.31. The highest BCUT2D eigenvalue weighted by atomic mass is 16.3. The number of amides is 1. The SMILES string of the molecule is Cc1cc(C(=O)N2CCN(C[C@@H](C#N)CCC#N)CC2)c(C)o1. The second kappa shape index (κ2) is 7.80. The van der Waals surface area contributed by atoms with Crippen molar-refractivity contribution in [2.75, 3.05) is 32.7 Å². The number of rotatable bonds is 5. The number of furan rings is 1. The fourth-order valence-corrected chi connectivity index (χ4v) is 2.89. The van der Waals surface area contributed by atoms with E-state index in [0.29, 0.717) is 43.8 Å². The van der Waals surface area contributed by atoms with E-state index in [4.69, 9.17) is 14.9 Å². The van der Waals surface area contributed by atoms with Crippen molar-refractivity contribution in [2.45, 2.75) is 26.7 Å². The lowest BCUT2D eigenvalue weighted by Crippen LogP contribution is -2.49. The van der Waals surface area contributed by atoms with E-state index in [2.05, 4.69) is 17.0 Å². The molecule has 23 heavy (non-hydrogen) atoms. The van der Waals surface area contributed by atoms with Gasteiger partial charge in [-0.3, -0.25) is 9.69 Å². The van der Waals surface area contributed by atoms with Crippen LogP contribution in [0.3, 0.4) is 0 Å². The molecule has 0 unspecified atom stereocenters. The lowest BCUT2D eigenvalue weighted by Gasteiger charge is -2.35. The zero-order chi connectivity index (χ0) is 16.8. The van der Waals surface area contributed by atoms with Gasteiger partial charge in [0, 0.05) is 39.1 Å². The first-order valence-electron chi connectivity index (χ1n) is 7.90. The van der Waals surface area contributed by atoms with Crippen molar-refractivity contribution in [3.63, 3.8) is 0 Å². The highest BCUT2D eigenvalue weighted by Gasteiger charge is 2.25. The standard InChI is InChI=1S/C17H22N4O2/c1-13-10-16(14(2)23-13)17(22)21-8-6-20(7-9-21)12-15(11-19)4-3-5-18/h10,15H,3-4,6-9,12H2,1-2H3/t15-/m1/s1. The van der Waals surface area contributed by atoms with E-state index in [9.17, 15) is 4.79 Å². The fourth-order valence-electron chi connectivity index (χ4n) is 2.89. The predicted octanol–water partition coefficient (Wildman–Crippen LogP) is 2.10. The van der Waals surface area contributed by atoms with Gasteiger partial charge in [-0.2, -0.15) is 10.5 Å². The van der Waals surface area contributed by atoms with E-state index in [0.717, 1.165) is 18.8 Å². The fraction of sp³-hybridized carbons (Fsp3) is 0.588. The summed E-state index contributed by atoms with van der Waals surface area (Å²) in [6, 6.07) is 6.14. The number of hydrogen-bond acceptors (Lipinski definition) is 5. The van der Waals surface area contributed by atoms with E-state index in [1.165, 1.54) is 0 Å². The van der Waals surface area contributed by atoms with Crippen LogP contribution in [0, 0.1) is 42.4 Å². The van der Waals surface area contributed by atoms with Crippen LogP contribution >= 0.6 is 0 Å². The number of carbonyl (C=O) groups is 1. The van der Waals surface area contributed by atoms with Gasteiger partial charge in [-0.1, -0.05) is 0 Å². The van der Waals surface area contributed by atoms with E-state index in [-0.39, 0.29) is 11.8 Å². The summed E-state index contributed by atoms with van der Waals surface area (Å²) in [5, 5.41) is 17.8. The van der Waals surface area contributed by atoms with Gasteiger partial charge >= 0.3 is 0 Å². The average Bonchev–Trinajstić information content (AvgIpc) is 2.89. The molecule has 1 aromatic heterocycles. The summed E-state index contributed by atoms with van der Waals surface area (Å²) in [7, 11) is 0. The smallest absolute Gasteiger partial charge is 0.257 e. The minimum atomic E-state index is -0.115. The highest BCUT2D eigenvalue weighted by Crippen LogP contribution is 2.17. The molecule has 0 saturated carbocycles. The average molecular weight is 314 g/mol. The van der Waals surface area contributed by atoms with Gasteiger partial charge in [0.1, 0.15) is 11.5 Å². The van der Waals surface area contributed by atoms with Crippen LogP contribution in [0.1, 0.15) is 34.7 Å². The van der Waals surface area contributed by atoms with E-state index >= 15 is 0 Å². The molecule has 1 saturated heterocycles. The van der Waals surface area contributed by atoms with E-state index < -0.39 is 0 Å². The van der Waals surface area contributed by atoms with Gasteiger partial charge in [-0.25, -0.2) is 0 Å². The van der Waals surface area contributed by atoms with Crippen molar-refractivity contribution in [3.8, 4) is 12.1 Å². The molecule has 0 spiro atoms. The monoisotopic (exact) mass is 314 g/mol. The summed E-state index contributed by atoms with van der Waals surface area (Å²) < 4.78 is 5.43. The number of nitriles is 2. The lowest BCUT2D eigenvalue weighted by atomic mass is 10.0. The molecule has 1 amide bonds. The van der Waals surface area contributed by atoms with E-state index in [1.54, 1.807) is 6.07 Å². The molecule has 1 aliphatic heterocycles. The van der Waals surface area contributed by atoms with Crippen LogP contribution in [0.5, 0.6) is 0 Å². The van der Waals surface area contributed by atoms with Crippen LogP contribution in [-0.4, -0.2) is 48.4 Å². The second-order valence-electron chi connectivity index (χ2n) is 5.94. The van der Waals surface area contributed by atoms with Gasteiger partial charge in [-0.05, 0) is 26.3 Å². The Labute approximate surface area is 136 Å². The number of piperazine rings is 1. The van der Waals surface area contributed by atoms with Crippen LogP contribution in [-0.2, 0) is 0 Å². The predicted molar refractivity (Wildman–Crippen MR) is 84.5 cm³/mol. The van der Waals surface area contributed by atoms with Crippen molar-refractivity contribution in [1.82, 2.24) is 9.80 Å². The first-order chi connectivity index (χ1) is 11.0. The zero-order valence-corrected chi connectivity index (χ0v) is 13.7. The van der Waals surface area contributed by atoms with E-state index in [1.807, 2.05) is 18.7 Å². The highest BCUT2D eigenvalue weighted by molar-refractivity contribution is 5.95. The number of nitrogens with zero attached hydrogens (tertiary/aromatic N) is 4. The Morgan fingerprint density at radius 1 is 1.30 bits per heavy atom. The third kappa shape index (κ3) is 4.34. The van der Waals surface area contributed by atoms with Gasteiger partial charge in [0.05, 0.1) is 23.6 Å². The van der Waals surface area contributed by atoms with Crippen LogP contribution < -0.4 is 0 Å². The minimum absolute atomic E-state index is 0.0142. The van der Waals surface area contributed by atoms with Crippen LogP contribution in [0.4, 0.5) is 0 Å². The molecule has 0 radical (unpaired) electrons. The molecule has 122 valence electrons. The summed E-state index contributed by atoms with van der Waals surface area (Å²) in [5.41, 5.74) is 0.639. The maximum Gasteiger partial charge on any atom is 0.257 e. The third-order valence-corrected chi connectivity index (χ3v) is 4.20. The molecule has 0 bridgehead atoms. The van der Waals surface area contributed by atoms with Crippen LogP contribution in [0.15, 0.2) is 10.5 Å². The van der Waals surface area contributed by atoms with Crippen molar-refractivity contribution < 1.29 is 9.21 Å². The summed E-state index contributed by atoms with van der Waals surface area (Å²) in [6.07, 6.45) is 1.02. The normalized spacial score (nSPS) is 16.6. The molecule has 1 aliphatic rings. The molecule has 6 heteroatoms. The molecule has 1 atom stereocenters. The summed E-state index contributed by atoms with van der Waals surface area (Å²) >= 11 is 0. The molecule has 1 aromatic rings. The second-order valence-corrected chi connectivity index (χ2v) is 5.94. The van der Waals surface area contributed by atoms with Crippen molar-refractivity contribution in [2.24, 2.45) is 5.92 Å². The third-order valence-electron chi connectivity index (χ3n) is 4.20. The quantitative estimate of drug-likeness (QED) is 0.831. The Bertz CT molecular complexity index is 630. The van der Waals surface area contributed by atoms with Crippen LogP contribution in [0.25, 0.3) is 0 Å². The van der Waals surface area contributed by atoms with Gasteiger partial charge in [0.15, 0.2) is 0 Å². The summed E-state index contributed by atoms with van der Waals surface area (Å²) in [6.45, 7) is 7.13. The topological polar surface area (TPSA) is 84.3 Å². The molecule has 0 N–H and O–H groups in total. The molecule has 6 nitrogen and oxygen atoms in total. The molecule has 0 aromatic carbocycles. The molecule has 2 heterocycles. The maximum absolute atomic E-state index is 12.5. The molecule has 2 rings (SSSR count). The Balaban J connectivity index is 1.86. The van der Waals surface area contributed by atoms with Crippen molar-refractivity contribution in [1.29, 1.82) is 10.5 Å². The summed E-state index contributed by atoms with van der Waals surface area (Å²) in [4.78, 5) is 16.6. The van der Waals surface area contributed by atoms with Gasteiger partial charge in [0.25, 0.3) is 5.91 Å². The molecular weight excluding hydrogens is 292 g/mol. The molecule has 1 fully saturated rings. The Kier molecular flexibility index (Phi) is 5.78. The zero-order valence-electron chi connectivity index (χ0n) is 13.7. The Morgan fingerprint density at radius 2 is 2.00 bits per heavy atom. The van der Waals surface area contributed by atoms with Gasteiger partial charge in [-0.15, -0.1) is 0 Å². The first-order valence-corrected chi connectivity index (χ1v) is 7.90. The maximum atomic E-state index is 12.5. The van der Waals surface area contributed by atoms with Crippen molar-refractivity contribution in [3.05, 3.63) is 23.2 Å². The first kappa shape index (κ1) is 17.1. The Hall–Kier alpha value is -2.31.